The van der Waals surface area contributed by atoms with Crippen LogP contribution in [0.5, 0.6) is 0 Å². The summed E-state index contributed by atoms with van der Waals surface area (Å²) in [7, 11) is 2.13. The van der Waals surface area contributed by atoms with Crippen LogP contribution in [0.4, 0.5) is 0 Å². The van der Waals surface area contributed by atoms with E-state index in [0.717, 1.165) is 18.8 Å². The van der Waals surface area contributed by atoms with Crippen LogP contribution >= 0.6 is 0 Å². The average Bonchev–Trinajstić information content (AvgIpc) is 3.20. The summed E-state index contributed by atoms with van der Waals surface area (Å²) in [5.74, 6) is 1.06. The van der Waals surface area contributed by atoms with E-state index in [1.165, 1.54) is 16.6 Å². The fourth-order valence-corrected chi connectivity index (χ4v) is 2.76. The van der Waals surface area contributed by atoms with Gasteiger partial charge in [0.2, 0.25) is 0 Å². The van der Waals surface area contributed by atoms with Gasteiger partial charge in [0.05, 0.1) is 0 Å². The van der Waals surface area contributed by atoms with Crippen molar-refractivity contribution in [2.24, 2.45) is 12.5 Å². The van der Waals surface area contributed by atoms with Crippen molar-refractivity contribution in [2.45, 2.75) is 54.5 Å². The normalized spacial score (nSPS) is 10.6. The Kier molecular flexibility index (Phi) is 8.37. The molecule has 3 heteroatoms. The number of aromatic nitrogens is 3. The van der Waals surface area contributed by atoms with Gasteiger partial charge in [0.25, 0.3) is 0 Å². The van der Waals surface area contributed by atoms with Crippen molar-refractivity contribution < 1.29 is 0 Å². The summed E-state index contributed by atoms with van der Waals surface area (Å²) in [5, 5.41) is 1.34. The smallest absolute Gasteiger partial charge is 0.105 e. The molecule has 0 unspecified atom stereocenters. The molecule has 0 aliphatic carbocycles. The molecule has 26 heavy (non-hydrogen) atoms. The van der Waals surface area contributed by atoms with E-state index in [1.807, 2.05) is 39.2 Å². The van der Waals surface area contributed by atoms with Crippen LogP contribution in [0.15, 0.2) is 55.4 Å². The number of rotatable bonds is 4. The molecule has 0 N–H and O–H groups in total. The molecule has 142 valence electrons. The molecular weight excluding hydrogens is 318 g/mol. The third kappa shape index (κ3) is 5.62. The number of hydrogen-bond acceptors (Lipinski definition) is 1. The van der Waals surface area contributed by atoms with E-state index in [2.05, 4.69) is 78.8 Å². The molecular formula is C23H35N3. The van der Waals surface area contributed by atoms with E-state index in [4.69, 9.17) is 0 Å². The Morgan fingerprint density at radius 2 is 1.85 bits per heavy atom. The number of benzene rings is 1. The standard InChI is InChI=1S/C11H13N.C10H16N2.C2H6/c1-3-10-8-9-6-4-5-7-11(9)12(10)2;1-5-10(3,4)8-12-7-6-11-9(12)2;1-2/h4-8H,3H2,1-2H3;5-7H,1,8H2,2-4H3;1-2H3. The van der Waals surface area contributed by atoms with Gasteiger partial charge in [-0.05, 0) is 30.9 Å². The molecule has 0 saturated carbocycles. The van der Waals surface area contributed by atoms with Crippen molar-refractivity contribution >= 4 is 10.9 Å². The molecule has 2 heterocycles. The highest BCUT2D eigenvalue weighted by atomic mass is 15.1. The zero-order valence-electron chi connectivity index (χ0n) is 17.6. The van der Waals surface area contributed by atoms with E-state index in [-0.39, 0.29) is 5.41 Å². The molecule has 0 atom stereocenters. The summed E-state index contributed by atoms with van der Waals surface area (Å²) in [6, 6.07) is 10.8. The number of imidazole rings is 1. The molecule has 3 nitrogen and oxygen atoms in total. The molecule has 0 spiro atoms. The second kappa shape index (κ2) is 10.0. The molecule has 0 saturated heterocycles. The molecule has 3 aromatic rings. The zero-order valence-corrected chi connectivity index (χ0v) is 17.6. The van der Waals surface area contributed by atoms with Crippen LogP contribution in [-0.4, -0.2) is 14.1 Å². The van der Waals surface area contributed by atoms with Gasteiger partial charge in [0.15, 0.2) is 0 Å². The highest BCUT2D eigenvalue weighted by molar-refractivity contribution is 5.81. The van der Waals surface area contributed by atoms with Crippen LogP contribution in [0.3, 0.4) is 0 Å². The van der Waals surface area contributed by atoms with Gasteiger partial charge in [-0.25, -0.2) is 4.98 Å². The SMILES string of the molecule is C=CC(C)(C)Cn1ccnc1C.CC.CCc1cc2ccccc2n1C. The highest BCUT2D eigenvalue weighted by Crippen LogP contribution is 2.19. The quantitative estimate of drug-likeness (QED) is 0.514. The Balaban J connectivity index is 0.000000238. The second-order valence-electron chi connectivity index (χ2n) is 6.90. The van der Waals surface area contributed by atoms with Crippen molar-refractivity contribution in [3.63, 3.8) is 0 Å². The van der Waals surface area contributed by atoms with E-state index in [9.17, 15) is 0 Å². The van der Waals surface area contributed by atoms with Crippen molar-refractivity contribution in [3.05, 3.63) is 66.9 Å². The highest BCUT2D eigenvalue weighted by Gasteiger charge is 2.14. The molecule has 0 fully saturated rings. The maximum atomic E-state index is 4.16. The Morgan fingerprint density at radius 3 is 2.35 bits per heavy atom. The molecule has 1 aromatic carbocycles. The fourth-order valence-electron chi connectivity index (χ4n) is 2.76. The maximum absolute atomic E-state index is 4.16. The summed E-state index contributed by atoms with van der Waals surface area (Å²) < 4.78 is 4.40. The Hall–Kier alpha value is -2.29. The van der Waals surface area contributed by atoms with Crippen molar-refractivity contribution in [1.82, 2.24) is 14.1 Å². The Morgan fingerprint density at radius 1 is 1.19 bits per heavy atom. The fraction of sp³-hybridized carbons (Fsp3) is 0.435. The average molecular weight is 354 g/mol. The number of allylic oxidation sites excluding steroid dienone is 1. The summed E-state index contributed by atoms with van der Waals surface area (Å²) in [6.45, 7) is 17.3. The maximum Gasteiger partial charge on any atom is 0.105 e. The van der Waals surface area contributed by atoms with E-state index in [0.29, 0.717) is 0 Å². The lowest BCUT2D eigenvalue weighted by Gasteiger charge is -2.20. The van der Waals surface area contributed by atoms with Crippen LogP contribution in [0.2, 0.25) is 0 Å². The summed E-state index contributed by atoms with van der Waals surface area (Å²) in [5.41, 5.74) is 2.87. The van der Waals surface area contributed by atoms with Gasteiger partial charge < -0.3 is 9.13 Å². The van der Waals surface area contributed by atoms with Crippen LogP contribution in [-0.2, 0) is 20.0 Å². The first-order valence-corrected chi connectivity index (χ1v) is 9.52. The minimum Gasteiger partial charge on any atom is -0.348 e. The second-order valence-corrected chi connectivity index (χ2v) is 6.90. The first kappa shape index (κ1) is 21.8. The van der Waals surface area contributed by atoms with Gasteiger partial charge in [-0.1, -0.05) is 58.9 Å². The van der Waals surface area contributed by atoms with Crippen LogP contribution in [0, 0.1) is 12.3 Å². The predicted octanol–water partition coefficient (Wildman–Crippen LogP) is 6.17. The molecule has 0 amide bonds. The van der Waals surface area contributed by atoms with E-state index in [1.54, 1.807) is 0 Å². The van der Waals surface area contributed by atoms with Crippen LogP contribution < -0.4 is 0 Å². The van der Waals surface area contributed by atoms with Gasteiger partial charge in [-0.3, -0.25) is 0 Å². The van der Waals surface area contributed by atoms with E-state index >= 15 is 0 Å². The lowest BCUT2D eigenvalue weighted by molar-refractivity contribution is 0.392. The van der Waals surface area contributed by atoms with Gasteiger partial charge in [0.1, 0.15) is 5.82 Å². The third-order valence-corrected chi connectivity index (χ3v) is 4.47. The Labute approximate surface area is 159 Å². The minimum atomic E-state index is 0.144. The number of hydrogen-bond donors (Lipinski definition) is 0. The van der Waals surface area contributed by atoms with Crippen LogP contribution in [0.25, 0.3) is 10.9 Å². The molecule has 0 aliphatic rings. The molecule has 2 aromatic heterocycles. The monoisotopic (exact) mass is 353 g/mol. The van der Waals surface area contributed by atoms with Gasteiger partial charge >= 0.3 is 0 Å². The van der Waals surface area contributed by atoms with Crippen molar-refractivity contribution in [3.8, 4) is 0 Å². The summed E-state index contributed by atoms with van der Waals surface area (Å²) in [6.07, 6.45) is 6.91. The number of nitrogens with zero attached hydrogens (tertiary/aromatic N) is 3. The summed E-state index contributed by atoms with van der Waals surface area (Å²) in [4.78, 5) is 4.16. The topological polar surface area (TPSA) is 22.8 Å². The lowest BCUT2D eigenvalue weighted by Crippen LogP contribution is -2.17. The third-order valence-electron chi connectivity index (χ3n) is 4.47. The zero-order chi connectivity index (χ0) is 19.7. The number of para-hydroxylation sites is 1. The largest absolute Gasteiger partial charge is 0.348 e. The molecule has 0 aliphatic heterocycles. The van der Waals surface area contributed by atoms with Crippen molar-refractivity contribution in [2.75, 3.05) is 0 Å². The lowest BCUT2D eigenvalue weighted by atomic mass is 9.94. The first-order chi connectivity index (χ1) is 12.4. The van der Waals surface area contributed by atoms with Gasteiger partial charge in [0, 0.05) is 42.6 Å². The van der Waals surface area contributed by atoms with Crippen molar-refractivity contribution in [1.29, 1.82) is 0 Å². The number of fused-ring (bicyclic) bond motifs is 1. The summed E-state index contributed by atoms with van der Waals surface area (Å²) >= 11 is 0. The molecule has 0 bridgehead atoms. The van der Waals surface area contributed by atoms with Crippen LogP contribution in [0.1, 0.15) is 46.1 Å². The van der Waals surface area contributed by atoms with Gasteiger partial charge in [-0.2, -0.15) is 0 Å². The molecule has 3 rings (SSSR count). The molecule has 0 radical (unpaired) electrons. The Bertz CT molecular complexity index is 806. The van der Waals surface area contributed by atoms with E-state index < -0.39 is 0 Å². The number of aryl methyl sites for hydroxylation is 3. The predicted molar refractivity (Wildman–Crippen MR) is 115 cm³/mol. The first-order valence-electron chi connectivity index (χ1n) is 9.52. The van der Waals surface area contributed by atoms with Gasteiger partial charge in [-0.15, -0.1) is 6.58 Å². The minimum absolute atomic E-state index is 0.144.